The van der Waals surface area contributed by atoms with Gasteiger partial charge < -0.3 is 0 Å². The summed E-state index contributed by atoms with van der Waals surface area (Å²) in [5, 5.41) is 0. The predicted octanol–water partition coefficient (Wildman–Crippen LogP) is 4.03. The minimum Gasteiger partial charge on any atom is -0.290 e. The molecule has 0 saturated carbocycles. The zero-order chi connectivity index (χ0) is 11.6. The van der Waals surface area contributed by atoms with Crippen LogP contribution in [0.2, 0.25) is 0 Å². The average Bonchev–Trinajstić information content (AvgIpc) is 2.12. The molecule has 15 heavy (non-hydrogen) atoms. The summed E-state index contributed by atoms with van der Waals surface area (Å²) in [4.78, 5) is 12.4. The van der Waals surface area contributed by atoms with Gasteiger partial charge in [0, 0.05) is 10.4 Å². The van der Waals surface area contributed by atoms with Crippen LogP contribution in [0.15, 0.2) is 23.3 Å². The van der Waals surface area contributed by atoms with Crippen molar-refractivity contribution in [3.8, 4) is 0 Å². The number of hydrogen-bond acceptors (Lipinski definition) is 1. The Balaban J connectivity index is 3.17. The molecular weight excluding hydrogens is 252 g/mol. The summed E-state index contributed by atoms with van der Waals surface area (Å²) >= 11 is 3.63. The average molecular weight is 271 g/mol. The van der Waals surface area contributed by atoms with Crippen LogP contribution in [0.1, 0.15) is 40.5 Å². The third-order valence-corrected chi connectivity index (χ3v) is 4.27. The maximum absolute atomic E-state index is 12.0. The van der Waals surface area contributed by atoms with Crippen LogP contribution >= 0.6 is 15.9 Å². The standard InChI is InChI=1S/C13H19BrO/c1-5-6-11(15)12-9(2)10(14)7-8-13(12,3)4/h5-6,10H,7-8H2,1-4H3/b6-5+. The zero-order valence-electron chi connectivity index (χ0n) is 9.93. The molecule has 1 rings (SSSR count). The molecule has 0 radical (unpaired) electrons. The molecule has 0 aliphatic heterocycles. The highest BCUT2D eigenvalue weighted by atomic mass is 79.9. The molecule has 0 aromatic carbocycles. The first kappa shape index (κ1) is 12.7. The molecule has 0 fully saturated rings. The van der Waals surface area contributed by atoms with Gasteiger partial charge in [-0.25, -0.2) is 0 Å². The van der Waals surface area contributed by atoms with Crippen LogP contribution < -0.4 is 0 Å². The number of hydrogen-bond donors (Lipinski definition) is 0. The molecular formula is C13H19BrO. The Morgan fingerprint density at radius 3 is 2.67 bits per heavy atom. The van der Waals surface area contributed by atoms with Gasteiger partial charge in [-0.05, 0) is 38.2 Å². The first-order chi connectivity index (χ1) is 6.90. The van der Waals surface area contributed by atoms with E-state index in [1.165, 1.54) is 5.57 Å². The number of halogens is 1. The molecule has 0 aromatic rings. The first-order valence-electron chi connectivity index (χ1n) is 5.42. The molecule has 0 heterocycles. The van der Waals surface area contributed by atoms with E-state index in [1.807, 2.05) is 13.0 Å². The summed E-state index contributed by atoms with van der Waals surface area (Å²) in [7, 11) is 0. The molecule has 1 aliphatic carbocycles. The van der Waals surface area contributed by atoms with Crippen molar-refractivity contribution in [2.45, 2.75) is 45.4 Å². The molecule has 2 heteroatoms. The molecule has 0 amide bonds. The highest BCUT2D eigenvalue weighted by molar-refractivity contribution is 9.09. The highest BCUT2D eigenvalue weighted by Crippen LogP contribution is 2.42. The maximum atomic E-state index is 12.0. The molecule has 1 unspecified atom stereocenters. The molecule has 0 saturated heterocycles. The number of allylic oxidation sites excluding steroid dienone is 4. The molecule has 0 aromatic heterocycles. The monoisotopic (exact) mass is 270 g/mol. The van der Waals surface area contributed by atoms with Crippen molar-refractivity contribution < 1.29 is 4.79 Å². The lowest BCUT2D eigenvalue weighted by molar-refractivity contribution is -0.112. The Bertz CT molecular complexity index is 323. The van der Waals surface area contributed by atoms with Gasteiger partial charge in [0.1, 0.15) is 0 Å². The first-order valence-corrected chi connectivity index (χ1v) is 6.34. The minimum atomic E-state index is 0.0188. The molecule has 1 aliphatic rings. The van der Waals surface area contributed by atoms with E-state index in [1.54, 1.807) is 6.08 Å². The molecule has 1 nitrogen and oxygen atoms in total. The zero-order valence-corrected chi connectivity index (χ0v) is 11.5. The normalized spacial score (nSPS) is 26.1. The van der Waals surface area contributed by atoms with E-state index in [4.69, 9.17) is 0 Å². The molecule has 0 bridgehead atoms. The van der Waals surface area contributed by atoms with Crippen molar-refractivity contribution in [1.29, 1.82) is 0 Å². The Morgan fingerprint density at radius 2 is 2.13 bits per heavy atom. The van der Waals surface area contributed by atoms with Crippen molar-refractivity contribution in [2.75, 3.05) is 0 Å². The molecule has 0 spiro atoms. The topological polar surface area (TPSA) is 17.1 Å². The summed E-state index contributed by atoms with van der Waals surface area (Å²) < 4.78 is 0. The van der Waals surface area contributed by atoms with Gasteiger partial charge in [0.25, 0.3) is 0 Å². The van der Waals surface area contributed by atoms with Crippen molar-refractivity contribution in [3.63, 3.8) is 0 Å². The van der Waals surface area contributed by atoms with Gasteiger partial charge in [-0.3, -0.25) is 4.79 Å². The Labute approximate surface area is 101 Å². The van der Waals surface area contributed by atoms with Crippen molar-refractivity contribution in [2.24, 2.45) is 5.41 Å². The van der Waals surface area contributed by atoms with Crippen molar-refractivity contribution >= 4 is 21.7 Å². The summed E-state index contributed by atoms with van der Waals surface area (Å²) in [6, 6.07) is 0. The number of ketones is 1. The van der Waals surface area contributed by atoms with Gasteiger partial charge >= 0.3 is 0 Å². The predicted molar refractivity (Wildman–Crippen MR) is 68.3 cm³/mol. The Kier molecular flexibility index (Phi) is 3.93. The lowest BCUT2D eigenvalue weighted by Gasteiger charge is -2.35. The van der Waals surface area contributed by atoms with Crippen LogP contribution in [0.4, 0.5) is 0 Å². The third-order valence-electron chi connectivity index (χ3n) is 3.13. The van der Waals surface area contributed by atoms with Crippen LogP contribution in [0, 0.1) is 5.41 Å². The van der Waals surface area contributed by atoms with Crippen LogP contribution in [0.25, 0.3) is 0 Å². The maximum Gasteiger partial charge on any atom is 0.182 e. The number of rotatable bonds is 2. The van der Waals surface area contributed by atoms with E-state index in [9.17, 15) is 4.79 Å². The number of carbonyl (C=O) groups excluding carboxylic acids is 1. The van der Waals surface area contributed by atoms with Crippen LogP contribution in [0.5, 0.6) is 0 Å². The van der Waals surface area contributed by atoms with E-state index in [2.05, 4.69) is 36.7 Å². The van der Waals surface area contributed by atoms with E-state index in [-0.39, 0.29) is 11.2 Å². The summed E-state index contributed by atoms with van der Waals surface area (Å²) in [5.41, 5.74) is 2.22. The fourth-order valence-electron chi connectivity index (χ4n) is 2.28. The van der Waals surface area contributed by atoms with E-state index in [0.29, 0.717) is 4.83 Å². The van der Waals surface area contributed by atoms with Gasteiger partial charge in [-0.2, -0.15) is 0 Å². The minimum absolute atomic E-state index is 0.0188. The van der Waals surface area contributed by atoms with Gasteiger partial charge in [-0.1, -0.05) is 41.4 Å². The fourth-order valence-corrected chi connectivity index (χ4v) is 2.74. The Hall–Kier alpha value is -0.370. The Morgan fingerprint density at radius 1 is 1.53 bits per heavy atom. The molecule has 0 N–H and O–H groups in total. The quantitative estimate of drug-likeness (QED) is 0.547. The SMILES string of the molecule is C/C=C/C(=O)C1=C(C)C(Br)CCC1(C)C. The second kappa shape index (κ2) is 4.65. The number of carbonyl (C=O) groups is 1. The van der Waals surface area contributed by atoms with Crippen LogP contribution in [-0.4, -0.2) is 10.6 Å². The molecule has 1 atom stereocenters. The van der Waals surface area contributed by atoms with Gasteiger partial charge in [-0.15, -0.1) is 0 Å². The summed E-state index contributed by atoms with van der Waals surface area (Å²) in [5.74, 6) is 0.171. The number of alkyl halides is 1. The lowest BCUT2D eigenvalue weighted by Crippen LogP contribution is -2.29. The fraction of sp³-hybridized carbons (Fsp3) is 0.615. The molecule has 84 valence electrons. The van der Waals surface area contributed by atoms with Crippen LogP contribution in [-0.2, 0) is 4.79 Å². The third kappa shape index (κ3) is 2.60. The largest absolute Gasteiger partial charge is 0.290 e. The van der Waals surface area contributed by atoms with E-state index in [0.717, 1.165) is 18.4 Å². The van der Waals surface area contributed by atoms with E-state index >= 15 is 0 Å². The summed E-state index contributed by atoms with van der Waals surface area (Å²) in [6.07, 6.45) is 5.67. The second-order valence-electron chi connectivity index (χ2n) is 4.81. The second-order valence-corrected chi connectivity index (χ2v) is 5.92. The highest BCUT2D eigenvalue weighted by Gasteiger charge is 2.34. The van der Waals surface area contributed by atoms with Crippen molar-refractivity contribution in [3.05, 3.63) is 23.3 Å². The van der Waals surface area contributed by atoms with Gasteiger partial charge in [0.2, 0.25) is 0 Å². The summed E-state index contributed by atoms with van der Waals surface area (Å²) in [6.45, 7) is 8.27. The van der Waals surface area contributed by atoms with Crippen LogP contribution in [0.3, 0.4) is 0 Å². The van der Waals surface area contributed by atoms with Crippen molar-refractivity contribution in [1.82, 2.24) is 0 Å². The van der Waals surface area contributed by atoms with E-state index < -0.39 is 0 Å². The smallest absolute Gasteiger partial charge is 0.182 e. The van der Waals surface area contributed by atoms with Gasteiger partial charge in [0.15, 0.2) is 5.78 Å². The van der Waals surface area contributed by atoms with Gasteiger partial charge in [0.05, 0.1) is 0 Å². The lowest BCUT2D eigenvalue weighted by atomic mass is 9.71.